The van der Waals surface area contributed by atoms with Crippen LogP contribution in [0.3, 0.4) is 0 Å². The van der Waals surface area contributed by atoms with Crippen LogP contribution in [-0.2, 0) is 4.79 Å². The van der Waals surface area contributed by atoms with Crippen LogP contribution in [0, 0.1) is 0 Å². The highest BCUT2D eigenvalue weighted by Crippen LogP contribution is 2.18. The molecular formula is C7H15NOS2. The van der Waals surface area contributed by atoms with Crippen molar-refractivity contribution in [1.82, 2.24) is 5.32 Å². The quantitative estimate of drug-likeness (QED) is 0.515. The van der Waals surface area contributed by atoms with Gasteiger partial charge in [-0.05, 0) is 6.42 Å². The predicted octanol–water partition coefficient (Wildman–Crippen LogP) is 1.87. The summed E-state index contributed by atoms with van der Waals surface area (Å²) in [7, 11) is 1.52. The number of thiol groups is 1. The molecule has 2 nitrogen and oxygen atoms in total. The highest BCUT2D eigenvalue weighted by molar-refractivity contribution is 8.68. The van der Waals surface area contributed by atoms with Crippen LogP contribution < -0.4 is 5.32 Å². The highest BCUT2D eigenvalue weighted by Gasteiger charge is 2.05. The van der Waals surface area contributed by atoms with Crippen LogP contribution in [0.15, 0.2) is 0 Å². The first-order valence-electron chi connectivity index (χ1n) is 3.75. The van der Waals surface area contributed by atoms with Gasteiger partial charge in [0.1, 0.15) is 0 Å². The fourth-order valence-corrected chi connectivity index (χ4v) is 1.81. The zero-order chi connectivity index (χ0) is 8.69. The zero-order valence-corrected chi connectivity index (χ0v) is 8.67. The van der Waals surface area contributed by atoms with Gasteiger partial charge in [0, 0.05) is 18.7 Å². The Bertz CT molecular complexity index is 119. The number of hydrogen-bond donors (Lipinski definition) is 2. The maximum absolute atomic E-state index is 10.5. The normalized spacial score (nSPS) is 12.6. The average molecular weight is 193 g/mol. The summed E-state index contributed by atoms with van der Waals surface area (Å²) in [5.41, 5.74) is 0. The molecule has 0 aliphatic carbocycles. The van der Waals surface area contributed by atoms with E-state index >= 15 is 0 Å². The van der Waals surface area contributed by atoms with Crippen molar-refractivity contribution in [2.75, 3.05) is 6.54 Å². The Hall–Kier alpha value is 0.170. The second kappa shape index (κ2) is 6.85. The van der Waals surface area contributed by atoms with Gasteiger partial charge in [0.05, 0.1) is 0 Å². The molecule has 0 aliphatic heterocycles. The van der Waals surface area contributed by atoms with E-state index in [0.717, 1.165) is 19.4 Å². The van der Waals surface area contributed by atoms with Gasteiger partial charge in [-0.25, -0.2) is 0 Å². The SMILES string of the molecule is CCCC(CNC(C)=O)SS. The van der Waals surface area contributed by atoms with Crippen LogP contribution in [0.2, 0.25) is 0 Å². The van der Waals surface area contributed by atoms with Gasteiger partial charge in [-0.2, -0.15) is 0 Å². The molecule has 1 atom stereocenters. The monoisotopic (exact) mass is 193 g/mol. The van der Waals surface area contributed by atoms with Crippen molar-refractivity contribution in [2.45, 2.75) is 31.9 Å². The van der Waals surface area contributed by atoms with E-state index in [9.17, 15) is 4.79 Å². The second-order valence-electron chi connectivity index (χ2n) is 2.45. The number of carbonyl (C=O) groups excluding carboxylic acids is 1. The lowest BCUT2D eigenvalue weighted by Crippen LogP contribution is -2.27. The number of rotatable bonds is 5. The van der Waals surface area contributed by atoms with E-state index in [2.05, 4.69) is 23.9 Å². The highest BCUT2D eigenvalue weighted by atomic mass is 33.1. The molecule has 11 heavy (non-hydrogen) atoms. The molecule has 0 rings (SSSR count). The van der Waals surface area contributed by atoms with E-state index in [1.165, 1.54) is 17.7 Å². The molecule has 0 bridgehead atoms. The Morgan fingerprint density at radius 1 is 1.73 bits per heavy atom. The van der Waals surface area contributed by atoms with Gasteiger partial charge in [0.25, 0.3) is 0 Å². The van der Waals surface area contributed by atoms with Crippen molar-refractivity contribution in [3.05, 3.63) is 0 Å². The predicted molar refractivity (Wildman–Crippen MR) is 54.0 cm³/mol. The average Bonchev–Trinajstić information content (AvgIpc) is 1.97. The fourth-order valence-electron chi connectivity index (χ4n) is 0.772. The zero-order valence-electron chi connectivity index (χ0n) is 6.96. The Morgan fingerprint density at radius 2 is 2.36 bits per heavy atom. The summed E-state index contributed by atoms with van der Waals surface area (Å²) in [6.07, 6.45) is 2.24. The smallest absolute Gasteiger partial charge is 0.216 e. The lowest BCUT2D eigenvalue weighted by Gasteiger charge is -2.11. The van der Waals surface area contributed by atoms with Crippen LogP contribution in [0.1, 0.15) is 26.7 Å². The first-order valence-corrected chi connectivity index (χ1v) is 5.68. The molecule has 0 fully saturated rings. The Morgan fingerprint density at radius 3 is 2.73 bits per heavy atom. The van der Waals surface area contributed by atoms with E-state index < -0.39 is 0 Å². The standard InChI is InChI=1S/C7H15NOS2/c1-3-4-7(11-10)5-8-6(2)9/h7,10H,3-5H2,1-2H3,(H,8,9). The van der Waals surface area contributed by atoms with E-state index in [4.69, 9.17) is 0 Å². The molecule has 0 radical (unpaired) electrons. The van der Waals surface area contributed by atoms with Crippen LogP contribution in [0.4, 0.5) is 0 Å². The summed E-state index contributed by atoms with van der Waals surface area (Å²) in [6.45, 7) is 4.40. The largest absolute Gasteiger partial charge is 0.355 e. The van der Waals surface area contributed by atoms with Gasteiger partial charge < -0.3 is 5.32 Å². The van der Waals surface area contributed by atoms with E-state index in [1.807, 2.05) is 0 Å². The van der Waals surface area contributed by atoms with Crippen molar-refractivity contribution in [3.63, 3.8) is 0 Å². The van der Waals surface area contributed by atoms with Crippen LogP contribution in [0.5, 0.6) is 0 Å². The minimum absolute atomic E-state index is 0.0356. The minimum atomic E-state index is 0.0356. The third-order valence-electron chi connectivity index (χ3n) is 1.34. The molecule has 1 unspecified atom stereocenters. The van der Waals surface area contributed by atoms with Gasteiger partial charge in [-0.1, -0.05) is 24.1 Å². The summed E-state index contributed by atoms with van der Waals surface area (Å²) in [4.78, 5) is 10.5. The molecule has 66 valence electrons. The number of nitrogens with one attached hydrogen (secondary N) is 1. The molecule has 0 spiro atoms. The lowest BCUT2D eigenvalue weighted by atomic mass is 10.2. The number of hydrogen-bond acceptors (Lipinski definition) is 3. The third-order valence-corrected chi connectivity index (χ3v) is 2.93. The second-order valence-corrected chi connectivity index (χ2v) is 3.96. The van der Waals surface area contributed by atoms with Crippen LogP contribution in [0.25, 0.3) is 0 Å². The molecule has 0 aliphatic rings. The maximum atomic E-state index is 10.5. The first kappa shape index (κ1) is 11.2. The molecule has 0 saturated carbocycles. The summed E-state index contributed by atoms with van der Waals surface area (Å²) in [5, 5.41) is 3.22. The number of amides is 1. The van der Waals surface area contributed by atoms with Gasteiger partial charge in [0.15, 0.2) is 0 Å². The molecule has 1 amide bonds. The van der Waals surface area contributed by atoms with Crippen molar-refractivity contribution in [3.8, 4) is 0 Å². The lowest BCUT2D eigenvalue weighted by molar-refractivity contribution is -0.118. The summed E-state index contributed by atoms with van der Waals surface area (Å²) < 4.78 is 0. The molecule has 0 aromatic heterocycles. The summed E-state index contributed by atoms with van der Waals surface area (Å²) in [5.74, 6) is 0.0356. The van der Waals surface area contributed by atoms with Crippen molar-refractivity contribution >= 4 is 28.4 Å². The van der Waals surface area contributed by atoms with Crippen LogP contribution >= 0.6 is 22.5 Å². The minimum Gasteiger partial charge on any atom is -0.355 e. The Labute approximate surface area is 77.3 Å². The van der Waals surface area contributed by atoms with Crippen molar-refractivity contribution in [1.29, 1.82) is 0 Å². The molecule has 0 aromatic rings. The maximum Gasteiger partial charge on any atom is 0.216 e. The van der Waals surface area contributed by atoms with Crippen molar-refractivity contribution < 1.29 is 4.79 Å². The Balaban J connectivity index is 3.43. The molecular weight excluding hydrogens is 178 g/mol. The summed E-state index contributed by atoms with van der Waals surface area (Å²) in [6, 6.07) is 0. The third kappa shape index (κ3) is 6.56. The topological polar surface area (TPSA) is 29.1 Å². The van der Waals surface area contributed by atoms with E-state index in [1.54, 1.807) is 0 Å². The van der Waals surface area contributed by atoms with Crippen LogP contribution in [-0.4, -0.2) is 17.7 Å². The number of carbonyl (C=O) groups is 1. The molecule has 1 N–H and O–H groups in total. The Kier molecular flexibility index (Phi) is 6.96. The summed E-state index contributed by atoms with van der Waals surface area (Å²) >= 11 is 4.12. The van der Waals surface area contributed by atoms with E-state index in [-0.39, 0.29) is 5.91 Å². The molecule has 0 aromatic carbocycles. The van der Waals surface area contributed by atoms with Crippen molar-refractivity contribution in [2.24, 2.45) is 0 Å². The van der Waals surface area contributed by atoms with E-state index in [0.29, 0.717) is 5.25 Å². The van der Waals surface area contributed by atoms with Gasteiger partial charge >= 0.3 is 0 Å². The molecule has 0 saturated heterocycles. The van der Waals surface area contributed by atoms with Gasteiger partial charge in [0.2, 0.25) is 5.91 Å². The van der Waals surface area contributed by atoms with Gasteiger partial charge in [-0.15, -0.1) is 11.7 Å². The molecule has 0 heterocycles. The fraction of sp³-hybridized carbons (Fsp3) is 0.857. The van der Waals surface area contributed by atoms with Gasteiger partial charge in [-0.3, -0.25) is 4.79 Å². The molecule has 4 heteroatoms. The first-order chi connectivity index (χ1) is 5.20.